The first-order valence-corrected chi connectivity index (χ1v) is 15.6. The van der Waals surface area contributed by atoms with E-state index < -0.39 is 5.41 Å². The molecule has 2 fully saturated rings. The standard InChI is InChI=1S/C33H46ClFN4O3/c1-6-7-21-42-32(41)37-16-8-15-36(17-18-37)24(2)25-9-11-26(12-10-25)30-23-38(31(40)33(3,4)5)19-20-39(30)29-14-13-27(34)22-28(29)35/h9-14,22,24,30H,6-8,15-21,23H2,1-5H3/t24-,30?/m1/s1. The SMILES string of the molecule is CCCCOC(=O)N1CCCN([C@H](C)c2ccc(C3CN(C(=O)C(C)(C)C)CCN3c3ccc(Cl)cc3F)cc2)CC1. The summed E-state index contributed by atoms with van der Waals surface area (Å²) < 4.78 is 20.5. The van der Waals surface area contributed by atoms with Gasteiger partial charge in [0.1, 0.15) is 5.82 Å². The summed E-state index contributed by atoms with van der Waals surface area (Å²) in [6, 6.07) is 13.3. The lowest BCUT2D eigenvalue weighted by Crippen LogP contribution is -2.53. The fourth-order valence-corrected chi connectivity index (χ4v) is 6.00. The van der Waals surface area contributed by atoms with Crippen LogP contribution in [0.3, 0.4) is 0 Å². The van der Waals surface area contributed by atoms with Gasteiger partial charge in [-0.15, -0.1) is 0 Å². The molecule has 0 saturated carbocycles. The summed E-state index contributed by atoms with van der Waals surface area (Å²) in [5, 5.41) is 0.359. The fourth-order valence-electron chi connectivity index (χ4n) is 5.84. The maximum absolute atomic E-state index is 15.1. The summed E-state index contributed by atoms with van der Waals surface area (Å²) in [7, 11) is 0. The number of piperazine rings is 1. The number of hydrogen-bond acceptors (Lipinski definition) is 5. The Kier molecular flexibility index (Phi) is 10.8. The Morgan fingerprint density at radius 3 is 2.38 bits per heavy atom. The van der Waals surface area contributed by atoms with Crippen molar-refractivity contribution < 1.29 is 18.7 Å². The van der Waals surface area contributed by atoms with E-state index >= 15 is 4.39 Å². The van der Waals surface area contributed by atoms with E-state index in [1.165, 1.54) is 11.6 Å². The second-order valence-electron chi connectivity index (χ2n) is 12.5. The van der Waals surface area contributed by atoms with Crippen LogP contribution in [0.25, 0.3) is 0 Å². The molecule has 0 aromatic heterocycles. The van der Waals surface area contributed by atoms with Gasteiger partial charge >= 0.3 is 6.09 Å². The predicted octanol–water partition coefficient (Wildman–Crippen LogP) is 6.92. The quantitative estimate of drug-likeness (QED) is 0.323. The summed E-state index contributed by atoms with van der Waals surface area (Å²) in [6.45, 7) is 15.1. The zero-order valence-corrected chi connectivity index (χ0v) is 26.5. The third kappa shape index (κ3) is 7.75. The number of rotatable bonds is 7. The van der Waals surface area contributed by atoms with Gasteiger partial charge in [0.2, 0.25) is 5.91 Å². The highest BCUT2D eigenvalue weighted by Crippen LogP contribution is 2.35. The molecule has 2 aliphatic rings. The molecule has 2 aliphatic heterocycles. The van der Waals surface area contributed by atoms with Gasteiger partial charge in [-0.05, 0) is 49.1 Å². The maximum Gasteiger partial charge on any atom is 0.409 e. The van der Waals surface area contributed by atoms with Gasteiger partial charge in [0.05, 0.1) is 18.3 Å². The number of carbonyl (C=O) groups excluding carboxylic acids is 2. The van der Waals surface area contributed by atoms with Crippen LogP contribution in [-0.2, 0) is 9.53 Å². The van der Waals surface area contributed by atoms with Crippen LogP contribution in [0.5, 0.6) is 0 Å². The number of amides is 2. The first-order valence-electron chi connectivity index (χ1n) is 15.3. The highest BCUT2D eigenvalue weighted by atomic mass is 35.5. The van der Waals surface area contributed by atoms with Crippen molar-refractivity contribution in [3.05, 3.63) is 64.4 Å². The van der Waals surface area contributed by atoms with E-state index in [9.17, 15) is 9.59 Å². The van der Waals surface area contributed by atoms with Gasteiger partial charge in [0, 0.05) is 62.3 Å². The van der Waals surface area contributed by atoms with Crippen LogP contribution in [0, 0.1) is 11.2 Å². The molecule has 0 aliphatic carbocycles. The van der Waals surface area contributed by atoms with Crippen LogP contribution in [-0.4, -0.2) is 79.1 Å². The minimum absolute atomic E-state index is 0.0958. The minimum atomic E-state index is -0.494. The Morgan fingerprint density at radius 1 is 1.00 bits per heavy atom. The van der Waals surface area contributed by atoms with Gasteiger partial charge in [-0.2, -0.15) is 0 Å². The monoisotopic (exact) mass is 600 g/mol. The van der Waals surface area contributed by atoms with Gasteiger partial charge in [0.15, 0.2) is 0 Å². The fraction of sp³-hybridized carbons (Fsp3) is 0.576. The van der Waals surface area contributed by atoms with Crippen LogP contribution < -0.4 is 4.90 Å². The van der Waals surface area contributed by atoms with Gasteiger partial charge in [-0.1, -0.05) is 70.0 Å². The predicted molar refractivity (Wildman–Crippen MR) is 166 cm³/mol. The summed E-state index contributed by atoms with van der Waals surface area (Å²) >= 11 is 6.05. The lowest BCUT2D eigenvalue weighted by Gasteiger charge is -2.44. The van der Waals surface area contributed by atoms with Crippen LogP contribution in [0.2, 0.25) is 5.02 Å². The third-order valence-electron chi connectivity index (χ3n) is 8.39. The van der Waals surface area contributed by atoms with Crippen LogP contribution >= 0.6 is 11.6 Å². The van der Waals surface area contributed by atoms with Crippen LogP contribution in [0.1, 0.15) is 77.1 Å². The Bertz CT molecular complexity index is 1220. The number of halogens is 2. The van der Waals surface area contributed by atoms with Gasteiger partial charge in [-0.3, -0.25) is 9.69 Å². The Hall–Kier alpha value is -2.84. The zero-order chi connectivity index (χ0) is 30.4. The molecule has 2 atom stereocenters. The molecule has 0 radical (unpaired) electrons. The molecule has 4 rings (SSSR count). The molecular weight excluding hydrogens is 555 g/mol. The first kappa shape index (κ1) is 32.1. The average Bonchev–Trinajstić information content (AvgIpc) is 3.23. The van der Waals surface area contributed by atoms with E-state index in [0.717, 1.165) is 37.9 Å². The molecule has 2 amide bonds. The van der Waals surface area contributed by atoms with Crippen molar-refractivity contribution >= 4 is 29.3 Å². The van der Waals surface area contributed by atoms with Crippen molar-refractivity contribution in [3.63, 3.8) is 0 Å². The molecule has 2 heterocycles. The van der Waals surface area contributed by atoms with Crippen LogP contribution in [0.4, 0.5) is 14.9 Å². The summed E-state index contributed by atoms with van der Waals surface area (Å²) in [5.41, 5.74) is 2.21. The number of anilines is 1. The summed E-state index contributed by atoms with van der Waals surface area (Å²) in [4.78, 5) is 33.9. The third-order valence-corrected chi connectivity index (χ3v) is 8.63. The van der Waals surface area contributed by atoms with Gasteiger partial charge < -0.3 is 19.4 Å². The first-order chi connectivity index (χ1) is 20.0. The molecule has 230 valence electrons. The van der Waals surface area contributed by atoms with Crippen molar-refractivity contribution in [2.24, 2.45) is 5.41 Å². The second-order valence-corrected chi connectivity index (χ2v) is 12.9. The molecule has 2 aromatic carbocycles. The lowest BCUT2D eigenvalue weighted by molar-refractivity contribution is -0.140. The smallest absolute Gasteiger partial charge is 0.409 e. The van der Waals surface area contributed by atoms with Crippen molar-refractivity contribution in [1.82, 2.24) is 14.7 Å². The molecule has 2 saturated heterocycles. The van der Waals surface area contributed by atoms with E-state index in [2.05, 4.69) is 47.9 Å². The summed E-state index contributed by atoms with van der Waals surface area (Å²) in [6.07, 6.45) is 2.57. The van der Waals surface area contributed by atoms with Crippen molar-refractivity contribution in [1.29, 1.82) is 0 Å². The molecule has 9 heteroatoms. The minimum Gasteiger partial charge on any atom is -0.449 e. The maximum atomic E-state index is 15.1. The highest BCUT2D eigenvalue weighted by molar-refractivity contribution is 6.30. The summed E-state index contributed by atoms with van der Waals surface area (Å²) in [5.74, 6) is -0.267. The van der Waals surface area contributed by atoms with E-state index in [4.69, 9.17) is 16.3 Å². The molecule has 0 spiro atoms. The average molecular weight is 601 g/mol. The van der Waals surface area contributed by atoms with Gasteiger partial charge in [0.25, 0.3) is 0 Å². The zero-order valence-electron chi connectivity index (χ0n) is 25.7. The molecule has 2 aromatic rings. The number of ether oxygens (including phenoxy) is 1. The Balaban J connectivity index is 1.49. The molecule has 42 heavy (non-hydrogen) atoms. The molecule has 7 nitrogen and oxygen atoms in total. The normalized spacial score (nSPS) is 19.4. The van der Waals surface area contributed by atoms with Crippen molar-refractivity contribution in [3.8, 4) is 0 Å². The number of hydrogen-bond donors (Lipinski definition) is 0. The van der Waals surface area contributed by atoms with E-state index in [1.54, 1.807) is 12.1 Å². The van der Waals surface area contributed by atoms with Crippen molar-refractivity contribution in [2.45, 2.75) is 66.0 Å². The second kappa shape index (κ2) is 14.1. The number of benzene rings is 2. The van der Waals surface area contributed by atoms with Gasteiger partial charge in [-0.25, -0.2) is 9.18 Å². The van der Waals surface area contributed by atoms with E-state index in [0.29, 0.717) is 50.0 Å². The largest absolute Gasteiger partial charge is 0.449 e. The van der Waals surface area contributed by atoms with Crippen molar-refractivity contribution in [2.75, 3.05) is 57.3 Å². The molecule has 0 N–H and O–H groups in total. The number of unbranched alkanes of at least 4 members (excludes halogenated alkanes) is 1. The molecule has 1 unspecified atom stereocenters. The van der Waals surface area contributed by atoms with Crippen LogP contribution in [0.15, 0.2) is 42.5 Å². The van der Waals surface area contributed by atoms with E-state index in [1.807, 2.05) is 30.6 Å². The topological polar surface area (TPSA) is 56.3 Å². The number of carbonyl (C=O) groups is 2. The number of nitrogens with zero attached hydrogens (tertiary/aromatic N) is 4. The highest BCUT2D eigenvalue weighted by Gasteiger charge is 2.36. The Morgan fingerprint density at radius 2 is 1.71 bits per heavy atom. The lowest BCUT2D eigenvalue weighted by atomic mass is 9.92. The van der Waals surface area contributed by atoms with E-state index in [-0.39, 0.29) is 29.9 Å². The Labute approximate surface area is 255 Å². The molecular formula is C33H46ClFN4O3. The molecule has 0 bridgehead atoms.